The minimum Gasteiger partial charge on any atom is -0.341 e. The van der Waals surface area contributed by atoms with E-state index in [1.165, 1.54) is 0 Å². The molecule has 0 aliphatic carbocycles. The SMILES string of the molecule is O=C([C@H](Cl)c1ccccc1)N1CCC2(CC1)SCC(=O)N2c1ccc(Cl)cc1. The molecule has 0 N–H and O–H groups in total. The molecule has 7 heteroatoms. The molecule has 0 unspecified atom stereocenters. The second-order valence-electron chi connectivity index (χ2n) is 7.04. The fourth-order valence-electron chi connectivity index (χ4n) is 3.89. The van der Waals surface area contributed by atoms with Crippen LogP contribution in [-0.2, 0) is 9.59 Å². The Morgan fingerprint density at radius 1 is 1.04 bits per heavy atom. The normalized spacial score (nSPS) is 19.9. The number of hydrogen-bond acceptors (Lipinski definition) is 3. The van der Waals surface area contributed by atoms with Crippen molar-refractivity contribution < 1.29 is 9.59 Å². The van der Waals surface area contributed by atoms with Crippen LogP contribution in [0.3, 0.4) is 0 Å². The molecular weight excluding hydrogens is 415 g/mol. The van der Waals surface area contributed by atoms with E-state index in [-0.39, 0.29) is 16.7 Å². The number of rotatable bonds is 3. The van der Waals surface area contributed by atoms with Gasteiger partial charge in [-0.1, -0.05) is 41.9 Å². The third kappa shape index (κ3) is 3.63. The fourth-order valence-corrected chi connectivity index (χ4v) is 5.63. The first-order valence-electron chi connectivity index (χ1n) is 9.21. The highest BCUT2D eigenvalue weighted by molar-refractivity contribution is 8.02. The number of benzene rings is 2. The number of halogens is 2. The summed E-state index contributed by atoms with van der Waals surface area (Å²) < 4.78 is 0. The lowest BCUT2D eigenvalue weighted by atomic mass is 10.00. The first kappa shape index (κ1) is 19.6. The van der Waals surface area contributed by atoms with Crippen molar-refractivity contribution in [2.45, 2.75) is 23.1 Å². The van der Waals surface area contributed by atoms with Crippen LogP contribution in [0.2, 0.25) is 5.02 Å². The summed E-state index contributed by atoms with van der Waals surface area (Å²) in [5.41, 5.74) is 1.67. The van der Waals surface area contributed by atoms with Gasteiger partial charge in [0.25, 0.3) is 0 Å². The molecule has 2 aromatic rings. The van der Waals surface area contributed by atoms with Crippen LogP contribution in [0.4, 0.5) is 5.69 Å². The smallest absolute Gasteiger partial charge is 0.245 e. The number of carbonyl (C=O) groups excluding carboxylic acids is 2. The first-order valence-corrected chi connectivity index (χ1v) is 11.0. The molecule has 28 heavy (non-hydrogen) atoms. The fraction of sp³-hybridized carbons (Fsp3) is 0.333. The number of piperidine rings is 1. The van der Waals surface area contributed by atoms with Crippen molar-refractivity contribution in [3.8, 4) is 0 Å². The molecule has 1 atom stereocenters. The third-order valence-electron chi connectivity index (χ3n) is 5.37. The molecule has 2 fully saturated rings. The number of hydrogen-bond donors (Lipinski definition) is 0. The Bertz CT molecular complexity index is 868. The molecule has 2 amide bonds. The number of likely N-dealkylation sites (tertiary alicyclic amines) is 1. The van der Waals surface area contributed by atoms with Gasteiger partial charge in [-0.25, -0.2) is 0 Å². The molecule has 2 saturated heterocycles. The Morgan fingerprint density at radius 3 is 2.32 bits per heavy atom. The highest BCUT2D eigenvalue weighted by Crippen LogP contribution is 2.47. The van der Waals surface area contributed by atoms with E-state index in [0.29, 0.717) is 23.9 Å². The van der Waals surface area contributed by atoms with Gasteiger partial charge >= 0.3 is 0 Å². The van der Waals surface area contributed by atoms with Gasteiger partial charge in [0.05, 0.1) is 10.6 Å². The van der Waals surface area contributed by atoms with Gasteiger partial charge in [0.2, 0.25) is 11.8 Å². The molecule has 0 aromatic heterocycles. The van der Waals surface area contributed by atoms with E-state index < -0.39 is 5.38 Å². The molecule has 2 aliphatic rings. The van der Waals surface area contributed by atoms with Crippen LogP contribution in [0.5, 0.6) is 0 Å². The number of nitrogens with zero attached hydrogens (tertiary/aromatic N) is 2. The minimum absolute atomic E-state index is 0.0740. The van der Waals surface area contributed by atoms with Gasteiger partial charge in [0.1, 0.15) is 5.38 Å². The molecule has 0 radical (unpaired) electrons. The van der Waals surface area contributed by atoms with Crippen LogP contribution in [0.25, 0.3) is 0 Å². The van der Waals surface area contributed by atoms with Crippen molar-refractivity contribution in [3.05, 3.63) is 65.2 Å². The Morgan fingerprint density at radius 2 is 1.68 bits per heavy atom. The topological polar surface area (TPSA) is 40.6 Å². The zero-order valence-electron chi connectivity index (χ0n) is 15.2. The van der Waals surface area contributed by atoms with Crippen LogP contribution in [-0.4, -0.2) is 40.4 Å². The maximum absolute atomic E-state index is 12.8. The monoisotopic (exact) mass is 434 g/mol. The molecule has 2 aliphatic heterocycles. The van der Waals surface area contributed by atoms with Gasteiger partial charge in [0, 0.05) is 23.8 Å². The summed E-state index contributed by atoms with van der Waals surface area (Å²) in [6, 6.07) is 16.8. The standard InChI is InChI=1S/C21H20Cl2N2O2S/c22-16-6-8-17(9-7-16)25-18(26)14-28-21(25)10-12-24(13-11-21)20(27)19(23)15-4-2-1-3-5-15/h1-9,19H,10-14H2/t19-/m1/s1. The number of anilines is 1. The summed E-state index contributed by atoms with van der Waals surface area (Å²) in [6.45, 7) is 1.17. The summed E-state index contributed by atoms with van der Waals surface area (Å²) in [4.78, 5) is 28.9. The average molecular weight is 435 g/mol. The van der Waals surface area contributed by atoms with Crippen molar-refractivity contribution in [1.82, 2.24) is 4.90 Å². The van der Waals surface area contributed by atoms with Gasteiger partial charge in [-0.05, 0) is 42.7 Å². The quantitative estimate of drug-likeness (QED) is 0.656. The van der Waals surface area contributed by atoms with Crippen LogP contribution >= 0.6 is 35.0 Å². The predicted molar refractivity (Wildman–Crippen MR) is 115 cm³/mol. The maximum atomic E-state index is 12.8. The minimum atomic E-state index is -0.680. The van der Waals surface area contributed by atoms with Crippen LogP contribution < -0.4 is 4.90 Å². The average Bonchev–Trinajstić information content (AvgIpc) is 3.04. The maximum Gasteiger partial charge on any atom is 0.245 e. The highest BCUT2D eigenvalue weighted by Gasteiger charge is 2.49. The Balaban J connectivity index is 1.48. The van der Waals surface area contributed by atoms with Crippen LogP contribution in [0.1, 0.15) is 23.8 Å². The van der Waals surface area contributed by atoms with Crippen molar-refractivity contribution in [3.63, 3.8) is 0 Å². The van der Waals surface area contributed by atoms with Crippen molar-refractivity contribution in [1.29, 1.82) is 0 Å². The lowest BCUT2D eigenvalue weighted by Gasteiger charge is -2.44. The Labute approximate surface area is 178 Å². The largest absolute Gasteiger partial charge is 0.341 e. The predicted octanol–water partition coefficient (Wildman–Crippen LogP) is 4.72. The molecule has 0 bridgehead atoms. The van der Waals surface area contributed by atoms with Gasteiger partial charge in [-0.2, -0.15) is 0 Å². The Kier molecular flexibility index (Phi) is 5.59. The van der Waals surface area contributed by atoms with E-state index in [4.69, 9.17) is 23.2 Å². The van der Waals surface area contributed by atoms with E-state index in [0.717, 1.165) is 24.1 Å². The molecule has 4 nitrogen and oxygen atoms in total. The molecule has 1 spiro atoms. The molecule has 4 rings (SSSR count). The van der Waals surface area contributed by atoms with Gasteiger partial charge < -0.3 is 4.90 Å². The summed E-state index contributed by atoms with van der Waals surface area (Å²) in [6.07, 6.45) is 1.44. The van der Waals surface area contributed by atoms with Crippen molar-refractivity contribution >= 4 is 52.5 Å². The third-order valence-corrected chi connectivity index (χ3v) is 7.58. The number of alkyl halides is 1. The number of carbonyl (C=O) groups is 2. The summed E-state index contributed by atoms with van der Waals surface area (Å²) in [5.74, 6) is 0.486. The van der Waals surface area contributed by atoms with E-state index in [9.17, 15) is 9.59 Å². The van der Waals surface area contributed by atoms with Gasteiger partial charge in [-0.3, -0.25) is 14.5 Å². The highest BCUT2D eigenvalue weighted by atomic mass is 35.5. The summed E-state index contributed by atoms with van der Waals surface area (Å²) >= 11 is 14.1. The molecule has 2 aromatic carbocycles. The molecule has 146 valence electrons. The molecule has 0 saturated carbocycles. The van der Waals surface area contributed by atoms with E-state index in [1.807, 2.05) is 52.3 Å². The zero-order chi connectivity index (χ0) is 19.7. The van der Waals surface area contributed by atoms with Gasteiger partial charge in [0.15, 0.2) is 0 Å². The number of amides is 2. The van der Waals surface area contributed by atoms with E-state index >= 15 is 0 Å². The van der Waals surface area contributed by atoms with E-state index in [2.05, 4.69) is 0 Å². The lowest BCUT2D eigenvalue weighted by molar-refractivity contribution is -0.132. The van der Waals surface area contributed by atoms with Gasteiger partial charge in [-0.15, -0.1) is 23.4 Å². The first-order chi connectivity index (χ1) is 13.5. The molecular formula is C21H20Cl2N2O2S. The van der Waals surface area contributed by atoms with E-state index in [1.54, 1.807) is 23.9 Å². The number of thioether (sulfide) groups is 1. The van der Waals surface area contributed by atoms with Crippen LogP contribution in [0.15, 0.2) is 54.6 Å². The summed E-state index contributed by atoms with van der Waals surface area (Å²) in [7, 11) is 0. The van der Waals surface area contributed by atoms with Crippen molar-refractivity contribution in [2.24, 2.45) is 0 Å². The zero-order valence-corrected chi connectivity index (χ0v) is 17.5. The lowest BCUT2D eigenvalue weighted by Crippen LogP contribution is -2.53. The Hall–Kier alpha value is -1.69. The second kappa shape index (κ2) is 7.97. The summed E-state index contributed by atoms with van der Waals surface area (Å²) in [5, 5.41) is -0.0351. The second-order valence-corrected chi connectivity index (χ2v) is 9.25. The van der Waals surface area contributed by atoms with Crippen LogP contribution in [0, 0.1) is 0 Å². The molecule has 2 heterocycles. The van der Waals surface area contributed by atoms with Crippen molar-refractivity contribution in [2.75, 3.05) is 23.7 Å².